The molecule has 0 saturated carbocycles. The minimum Gasteiger partial charge on any atom is -0.500 e. The number of aromatic nitrogens is 2. The number of thiophene rings is 1. The van der Waals surface area contributed by atoms with Crippen LogP contribution >= 0.6 is 11.3 Å². The van der Waals surface area contributed by atoms with Crippen molar-refractivity contribution in [2.75, 3.05) is 0 Å². The summed E-state index contributed by atoms with van der Waals surface area (Å²) in [7, 11) is 0. The minimum absolute atomic E-state index is 0. The van der Waals surface area contributed by atoms with Gasteiger partial charge in [-0.25, -0.2) is 0 Å². The molecule has 0 amide bonds. The van der Waals surface area contributed by atoms with Gasteiger partial charge in [0.25, 0.3) is 0 Å². The van der Waals surface area contributed by atoms with Crippen LogP contribution in [-0.4, -0.2) is 9.97 Å². The van der Waals surface area contributed by atoms with E-state index in [0.717, 1.165) is 61.0 Å². The van der Waals surface area contributed by atoms with Crippen LogP contribution in [0.2, 0.25) is 0 Å². The normalized spacial score (nSPS) is 11.6. The van der Waals surface area contributed by atoms with Crippen molar-refractivity contribution in [1.29, 1.82) is 0 Å². The fraction of sp³-hybridized carbons (Fsp3) is 0.143. The third-order valence-corrected chi connectivity index (χ3v) is 9.26. The number of hydrogen-bond donors (Lipinski definition) is 0. The molecule has 5 heteroatoms. The number of aryl methyl sites for hydroxylation is 3. The molecule has 0 unspecified atom stereocenters. The zero-order chi connectivity index (χ0) is 32.7. The predicted octanol–water partition coefficient (Wildman–Crippen LogP) is 11.9. The second kappa shape index (κ2) is 13.8. The Hall–Kier alpha value is -4.41. The Morgan fingerprint density at radius 3 is 2.26 bits per heavy atom. The summed E-state index contributed by atoms with van der Waals surface area (Å²) in [6.45, 7) is 10.1. The Morgan fingerprint density at radius 2 is 1.53 bits per heavy atom. The van der Waals surface area contributed by atoms with Crippen molar-refractivity contribution in [3.8, 4) is 33.6 Å². The fourth-order valence-corrected chi connectivity index (χ4v) is 6.84. The van der Waals surface area contributed by atoms with E-state index in [1.807, 2.05) is 69.6 Å². The first kappa shape index (κ1) is 31.2. The number of benzene rings is 4. The van der Waals surface area contributed by atoms with Gasteiger partial charge in [0.15, 0.2) is 0 Å². The summed E-state index contributed by atoms with van der Waals surface area (Å²) in [6, 6.07) is 37.4. The summed E-state index contributed by atoms with van der Waals surface area (Å²) in [5.74, 6) is -0.783. The summed E-state index contributed by atoms with van der Waals surface area (Å²) in [5, 5.41) is 5.41. The van der Waals surface area contributed by atoms with Gasteiger partial charge in [-0.05, 0) is 88.9 Å². The van der Waals surface area contributed by atoms with Crippen LogP contribution in [0.15, 0.2) is 113 Å². The summed E-state index contributed by atoms with van der Waals surface area (Å²) >= 11 is 1.72. The van der Waals surface area contributed by atoms with Crippen LogP contribution in [0.25, 0.3) is 65.7 Å². The van der Waals surface area contributed by atoms with Crippen LogP contribution in [0.4, 0.5) is 0 Å². The monoisotopic (exact) mass is 808 g/mol. The van der Waals surface area contributed by atoms with Crippen LogP contribution in [0, 0.1) is 32.9 Å². The maximum Gasteiger partial charge on any atom is 0.129 e. The van der Waals surface area contributed by atoms with Crippen LogP contribution in [-0.2, 0) is 20.1 Å². The smallest absolute Gasteiger partial charge is 0.129 e. The summed E-state index contributed by atoms with van der Waals surface area (Å²) in [4.78, 5) is 9.14. The van der Waals surface area contributed by atoms with Gasteiger partial charge >= 0.3 is 0 Å². The van der Waals surface area contributed by atoms with Crippen molar-refractivity contribution in [1.82, 2.24) is 9.97 Å². The molecule has 8 aromatic rings. The van der Waals surface area contributed by atoms with E-state index in [1.165, 1.54) is 27.0 Å². The van der Waals surface area contributed by atoms with E-state index in [9.17, 15) is 0 Å². The van der Waals surface area contributed by atoms with E-state index in [2.05, 4.69) is 90.9 Å². The van der Waals surface area contributed by atoms with E-state index in [0.29, 0.717) is 0 Å². The van der Waals surface area contributed by atoms with Crippen LogP contribution in [0.3, 0.4) is 0 Å². The molecule has 0 aliphatic carbocycles. The number of pyridine rings is 2. The van der Waals surface area contributed by atoms with Gasteiger partial charge in [0, 0.05) is 49.3 Å². The molecule has 3 nitrogen and oxygen atoms in total. The topological polar surface area (TPSA) is 38.9 Å². The molecule has 0 bridgehead atoms. The van der Waals surface area contributed by atoms with E-state index >= 15 is 0 Å². The molecule has 0 aliphatic rings. The fourth-order valence-electron chi connectivity index (χ4n) is 6.05. The zero-order valence-electron chi connectivity index (χ0n) is 27.9. The van der Waals surface area contributed by atoms with Crippen molar-refractivity contribution in [2.45, 2.75) is 40.5 Å². The van der Waals surface area contributed by atoms with Gasteiger partial charge in [0.05, 0.1) is 5.58 Å². The van der Waals surface area contributed by atoms with Gasteiger partial charge in [0.2, 0.25) is 0 Å². The van der Waals surface area contributed by atoms with Crippen molar-refractivity contribution in [2.24, 2.45) is 0 Å². The zero-order valence-corrected chi connectivity index (χ0v) is 30.1. The van der Waals surface area contributed by atoms with Crippen LogP contribution in [0.1, 0.15) is 43.4 Å². The molecule has 4 aromatic carbocycles. The molecule has 0 N–H and O–H groups in total. The molecule has 0 atom stereocenters. The average Bonchev–Trinajstić information content (AvgIpc) is 3.70. The Bertz CT molecular complexity index is 2350. The van der Waals surface area contributed by atoms with Crippen LogP contribution < -0.4 is 0 Å². The third-order valence-electron chi connectivity index (χ3n) is 8.38. The molecule has 47 heavy (non-hydrogen) atoms. The number of fused-ring (bicyclic) bond motifs is 5. The third kappa shape index (κ3) is 6.32. The Labute approximate surface area is 295 Å². The molecule has 0 spiro atoms. The number of hydrogen-bond acceptors (Lipinski definition) is 4. The molecule has 1 radical (unpaired) electrons. The van der Waals surface area contributed by atoms with Crippen molar-refractivity contribution in [3.05, 3.63) is 143 Å². The largest absolute Gasteiger partial charge is 0.500 e. The first-order valence-corrected chi connectivity index (χ1v) is 16.3. The molecular formula is C42H34IrN2OS-2. The molecule has 235 valence electrons. The Kier molecular flexibility index (Phi) is 9.13. The minimum atomic E-state index is -0.783. The van der Waals surface area contributed by atoms with Gasteiger partial charge in [-0.3, -0.25) is 0 Å². The SMILES string of the molecule is Cc1ccc(-c2[c-]cccc2)nc1.[2H]C(C)(C)c1cnc(-c2[c-]ccc3c2oc2c4ccsc4ccc32)cc1-c1c(C)cccc1C.[Ir]. The molecule has 8 rings (SSSR count). The van der Waals surface area contributed by atoms with E-state index in [4.69, 9.17) is 10.8 Å². The van der Waals surface area contributed by atoms with E-state index < -0.39 is 5.89 Å². The van der Waals surface area contributed by atoms with E-state index in [1.54, 1.807) is 11.3 Å². The average molecular weight is 808 g/mol. The van der Waals surface area contributed by atoms with E-state index in [-0.39, 0.29) is 20.1 Å². The first-order valence-electron chi connectivity index (χ1n) is 15.9. The van der Waals surface area contributed by atoms with Gasteiger partial charge in [0.1, 0.15) is 5.58 Å². The molecule has 0 fully saturated rings. The Balaban J connectivity index is 0.000000241. The van der Waals surface area contributed by atoms with Gasteiger partial charge in [-0.15, -0.1) is 65.4 Å². The van der Waals surface area contributed by atoms with Gasteiger partial charge in [-0.1, -0.05) is 67.3 Å². The molecule has 4 heterocycles. The second-order valence-corrected chi connectivity index (χ2v) is 12.8. The van der Waals surface area contributed by atoms with Gasteiger partial charge in [-0.2, -0.15) is 0 Å². The second-order valence-electron chi connectivity index (χ2n) is 11.9. The Morgan fingerprint density at radius 1 is 0.745 bits per heavy atom. The summed E-state index contributed by atoms with van der Waals surface area (Å²) in [6.07, 6.45) is 3.73. The number of furan rings is 1. The first-order chi connectivity index (χ1) is 22.7. The quantitative estimate of drug-likeness (QED) is 0.166. The van der Waals surface area contributed by atoms with Crippen LogP contribution in [0.5, 0.6) is 0 Å². The summed E-state index contributed by atoms with van der Waals surface area (Å²) < 4.78 is 16.5. The van der Waals surface area contributed by atoms with Gasteiger partial charge < -0.3 is 14.4 Å². The predicted molar refractivity (Wildman–Crippen MR) is 193 cm³/mol. The standard InChI is InChI=1S/C30H24NOS.C12H10N.Ir/c1-17(2)25-16-31-26(15-24(25)28-18(3)7-5-8-19(28)4)22-10-6-9-20-21-11-12-27-23(13-14-33-27)30(21)32-29(20)22;1-10-7-8-12(13-9-10)11-5-3-2-4-6-11;/h5-9,11-17H,1-4H3;2-5,7-9H,1H3;/q2*-1;/i17D;;. The maximum absolute atomic E-state index is 8.78. The maximum atomic E-state index is 8.78. The molecule has 0 aliphatic heterocycles. The number of nitrogens with zero attached hydrogens (tertiary/aromatic N) is 2. The van der Waals surface area contributed by atoms with Crippen molar-refractivity contribution in [3.63, 3.8) is 0 Å². The molecule has 4 aromatic heterocycles. The van der Waals surface area contributed by atoms with Crippen molar-refractivity contribution < 1.29 is 25.9 Å². The number of rotatable bonds is 4. The molecule has 0 saturated heterocycles. The van der Waals surface area contributed by atoms with Crippen molar-refractivity contribution >= 4 is 43.4 Å². The molecular weight excluding hydrogens is 773 g/mol. The summed E-state index contributed by atoms with van der Waals surface area (Å²) in [5.41, 5.74) is 12.1.